The van der Waals surface area contributed by atoms with Crippen LogP contribution >= 0.6 is 11.6 Å². The molecular formula is C15H17ClFNO2. The van der Waals surface area contributed by atoms with Crippen molar-refractivity contribution in [3.63, 3.8) is 0 Å². The zero-order chi connectivity index (χ0) is 15.2. The zero-order valence-electron chi connectivity index (χ0n) is 12.2. The molecule has 0 aliphatic carbocycles. The fourth-order valence-electron chi connectivity index (χ4n) is 2.11. The highest BCUT2D eigenvalue weighted by Gasteiger charge is 2.23. The number of carbonyl (C=O) groups excluding carboxylic acids is 1. The monoisotopic (exact) mass is 297 g/mol. The minimum atomic E-state index is -0.599. The second-order valence-corrected chi connectivity index (χ2v) is 6.22. The first-order valence-electron chi connectivity index (χ1n) is 6.32. The molecular weight excluding hydrogens is 281 g/mol. The molecule has 0 bridgehead atoms. The van der Waals surface area contributed by atoms with E-state index in [1.54, 1.807) is 27.7 Å². The normalized spacial score (nSPS) is 11.9. The smallest absolute Gasteiger partial charge is 0.419 e. The van der Waals surface area contributed by atoms with Crippen LogP contribution in [0.25, 0.3) is 10.9 Å². The molecule has 0 radical (unpaired) electrons. The summed E-state index contributed by atoms with van der Waals surface area (Å²) in [6.07, 6.45) is -0.490. The third-order valence-electron chi connectivity index (χ3n) is 3.14. The Hall–Kier alpha value is -1.55. The molecule has 0 amide bonds. The summed E-state index contributed by atoms with van der Waals surface area (Å²) in [5.41, 5.74) is 1.51. The van der Waals surface area contributed by atoms with Gasteiger partial charge in [-0.05, 0) is 52.3 Å². The number of ether oxygens (including phenoxy) is 1. The molecule has 3 nitrogen and oxygen atoms in total. The van der Waals surface area contributed by atoms with Crippen molar-refractivity contribution in [2.75, 3.05) is 0 Å². The van der Waals surface area contributed by atoms with Gasteiger partial charge in [-0.2, -0.15) is 0 Å². The van der Waals surface area contributed by atoms with Gasteiger partial charge in [0.05, 0.1) is 10.5 Å². The standard InChI is InChI=1S/C15H17ClFNO2/c1-8-9(2)18(14(19)20-15(3,4)5)13-7-11(16)12(17)6-10(8)13/h6-7H,1-5H3. The minimum absolute atomic E-state index is 0.0141. The van der Waals surface area contributed by atoms with E-state index in [-0.39, 0.29) is 5.02 Å². The van der Waals surface area contributed by atoms with E-state index < -0.39 is 17.5 Å². The van der Waals surface area contributed by atoms with Gasteiger partial charge < -0.3 is 4.74 Å². The summed E-state index contributed by atoms with van der Waals surface area (Å²) in [5.74, 6) is -0.497. The Morgan fingerprint density at radius 3 is 2.45 bits per heavy atom. The fraction of sp³-hybridized carbons (Fsp3) is 0.400. The van der Waals surface area contributed by atoms with Crippen molar-refractivity contribution in [3.8, 4) is 0 Å². The molecule has 0 N–H and O–H groups in total. The van der Waals surface area contributed by atoms with Crippen LogP contribution in [-0.2, 0) is 4.74 Å². The van der Waals surface area contributed by atoms with E-state index in [9.17, 15) is 9.18 Å². The third kappa shape index (κ3) is 2.52. The Morgan fingerprint density at radius 2 is 1.90 bits per heavy atom. The fourth-order valence-corrected chi connectivity index (χ4v) is 2.27. The largest absolute Gasteiger partial charge is 0.443 e. The third-order valence-corrected chi connectivity index (χ3v) is 3.43. The summed E-state index contributed by atoms with van der Waals surface area (Å²) < 4.78 is 20.4. The summed E-state index contributed by atoms with van der Waals surface area (Å²) >= 11 is 5.82. The molecule has 20 heavy (non-hydrogen) atoms. The topological polar surface area (TPSA) is 31.2 Å². The first-order valence-corrected chi connectivity index (χ1v) is 6.69. The van der Waals surface area contributed by atoms with Crippen molar-refractivity contribution in [2.45, 2.75) is 40.2 Å². The van der Waals surface area contributed by atoms with E-state index >= 15 is 0 Å². The van der Waals surface area contributed by atoms with Crippen LogP contribution < -0.4 is 0 Å². The van der Waals surface area contributed by atoms with E-state index in [0.717, 1.165) is 11.3 Å². The average Bonchev–Trinajstić information content (AvgIpc) is 2.51. The molecule has 108 valence electrons. The van der Waals surface area contributed by atoms with Crippen LogP contribution in [0.3, 0.4) is 0 Å². The number of rotatable bonds is 0. The van der Waals surface area contributed by atoms with Gasteiger partial charge >= 0.3 is 6.09 Å². The van der Waals surface area contributed by atoms with E-state index in [1.165, 1.54) is 16.7 Å². The molecule has 1 aromatic carbocycles. The average molecular weight is 298 g/mol. The van der Waals surface area contributed by atoms with Gasteiger partial charge in [-0.3, -0.25) is 0 Å². The maximum absolute atomic E-state index is 13.6. The lowest BCUT2D eigenvalue weighted by molar-refractivity contribution is 0.0541. The predicted octanol–water partition coefficient (Wildman–Crippen LogP) is 4.83. The predicted molar refractivity (Wildman–Crippen MR) is 78.0 cm³/mol. The minimum Gasteiger partial charge on any atom is -0.443 e. The molecule has 0 aliphatic heterocycles. The van der Waals surface area contributed by atoms with E-state index in [1.807, 2.05) is 6.92 Å². The zero-order valence-corrected chi connectivity index (χ0v) is 12.9. The van der Waals surface area contributed by atoms with Crippen molar-refractivity contribution in [1.82, 2.24) is 4.57 Å². The van der Waals surface area contributed by atoms with E-state index in [2.05, 4.69) is 0 Å². The molecule has 0 aliphatic rings. The Morgan fingerprint density at radius 1 is 1.30 bits per heavy atom. The molecule has 0 unspecified atom stereocenters. The molecule has 0 fully saturated rings. The number of benzene rings is 1. The summed E-state index contributed by atoms with van der Waals surface area (Å²) in [6.45, 7) is 9.03. The summed E-state index contributed by atoms with van der Waals surface area (Å²) in [5, 5.41) is 0.648. The molecule has 0 saturated heterocycles. The first kappa shape index (κ1) is 14.9. The van der Waals surface area contributed by atoms with Crippen LogP contribution in [-0.4, -0.2) is 16.3 Å². The van der Waals surface area contributed by atoms with Crippen molar-refractivity contribution in [2.24, 2.45) is 0 Å². The van der Waals surface area contributed by atoms with Crippen LogP contribution in [0.2, 0.25) is 5.02 Å². The quantitative estimate of drug-likeness (QED) is 0.697. The van der Waals surface area contributed by atoms with Gasteiger partial charge in [0.25, 0.3) is 0 Å². The number of aromatic nitrogens is 1. The van der Waals surface area contributed by atoms with Gasteiger partial charge in [-0.1, -0.05) is 11.6 Å². The molecule has 0 atom stereocenters. The van der Waals surface area contributed by atoms with Gasteiger partial charge in [0.2, 0.25) is 0 Å². The summed E-state index contributed by atoms with van der Waals surface area (Å²) in [6, 6.07) is 2.80. The first-order chi connectivity index (χ1) is 9.11. The van der Waals surface area contributed by atoms with Crippen LogP contribution in [0.1, 0.15) is 32.0 Å². The van der Waals surface area contributed by atoms with Crippen LogP contribution in [0, 0.1) is 19.7 Å². The lowest BCUT2D eigenvalue weighted by Gasteiger charge is -2.20. The van der Waals surface area contributed by atoms with E-state index in [0.29, 0.717) is 10.9 Å². The SMILES string of the molecule is Cc1c(C)n(C(=O)OC(C)(C)C)c2cc(Cl)c(F)cc12. The second kappa shape index (κ2) is 4.77. The molecule has 2 rings (SSSR count). The van der Waals surface area contributed by atoms with Crippen LogP contribution in [0.5, 0.6) is 0 Å². The van der Waals surface area contributed by atoms with Gasteiger partial charge in [-0.15, -0.1) is 0 Å². The number of hydrogen-bond acceptors (Lipinski definition) is 2. The van der Waals surface area contributed by atoms with Crippen molar-refractivity contribution in [3.05, 3.63) is 34.2 Å². The molecule has 1 aromatic heterocycles. The second-order valence-electron chi connectivity index (χ2n) is 5.81. The van der Waals surface area contributed by atoms with Crippen molar-refractivity contribution in [1.29, 1.82) is 0 Å². The Bertz CT molecular complexity index is 698. The summed E-state index contributed by atoms with van der Waals surface area (Å²) in [7, 11) is 0. The lowest BCUT2D eigenvalue weighted by Crippen LogP contribution is -2.27. The van der Waals surface area contributed by atoms with Crippen molar-refractivity contribution < 1.29 is 13.9 Å². The van der Waals surface area contributed by atoms with Crippen LogP contribution in [0.4, 0.5) is 9.18 Å². The Balaban J connectivity index is 2.67. The van der Waals surface area contributed by atoms with Gasteiger partial charge in [0, 0.05) is 11.1 Å². The molecule has 0 saturated carbocycles. The number of aryl methyl sites for hydroxylation is 1. The number of fused-ring (bicyclic) bond motifs is 1. The van der Waals surface area contributed by atoms with Gasteiger partial charge in [0.15, 0.2) is 0 Å². The Labute approximate surface area is 122 Å². The maximum atomic E-state index is 13.6. The summed E-state index contributed by atoms with van der Waals surface area (Å²) in [4.78, 5) is 12.3. The molecule has 1 heterocycles. The highest BCUT2D eigenvalue weighted by Crippen LogP contribution is 2.30. The van der Waals surface area contributed by atoms with Gasteiger partial charge in [-0.25, -0.2) is 13.8 Å². The maximum Gasteiger partial charge on any atom is 0.419 e. The van der Waals surface area contributed by atoms with Crippen molar-refractivity contribution >= 4 is 28.6 Å². The molecule has 0 spiro atoms. The van der Waals surface area contributed by atoms with Gasteiger partial charge in [0.1, 0.15) is 11.4 Å². The number of halogens is 2. The highest BCUT2D eigenvalue weighted by atomic mass is 35.5. The van der Waals surface area contributed by atoms with Crippen LogP contribution in [0.15, 0.2) is 12.1 Å². The molecule has 2 aromatic rings. The lowest BCUT2D eigenvalue weighted by atomic mass is 10.1. The molecule has 5 heteroatoms. The number of carbonyl (C=O) groups is 1. The van der Waals surface area contributed by atoms with E-state index in [4.69, 9.17) is 16.3 Å². The number of hydrogen-bond donors (Lipinski definition) is 0. The highest BCUT2D eigenvalue weighted by molar-refractivity contribution is 6.31. The number of nitrogens with zero attached hydrogens (tertiary/aromatic N) is 1. The Kier molecular flexibility index (Phi) is 3.54.